The van der Waals surface area contributed by atoms with E-state index in [-0.39, 0.29) is 35.8 Å². The molecule has 468 valence electrons. The van der Waals surface area contributed by atoms with E-state index in [1.54, 1.807) is 85.3 Å². The maximum absolute atomic E-state index is 13.6. The van der Waals surface area contributed by atoms with Gasteiger partial charge >= 0.3 is 0 Å². The van der Waals surface area contributed by atoms with Gasteiger partial charge in [-0.25, -0.2) is 0 Å². The van der Waals surface area contributed by atoms with Crippen molar-refractivity contribution in [2.24, 2.45) is 0 Å². The van der Waals surface area contributed by atoms with Gasteiger partial charge in [-0.2, -0.15) is 0 Å². The number of likely N-dealkylation sites (tertiary alicyclic amines) is 1. The highest BCUT2D eigenvalue weighted by Crippen LogP contribution is 2.57. The van der Waals surface area contributed by atoms with Crippen LogP contribution in [0.5, 0.6) is 69.0 Å². The largest absolute Gasteiger partial charge is 0.493 e. The van der Waals surface area contributed by atoms with Crippen molar-refractivity contribution in [1.29, 1.82) is 0 Å². The van der Waals surface area contributed by atoms with Crippen LogP contribution in [0.15, 0.2) is 54.6 Å². The van der Waals surface area contributed by atoms with E-state index in [0.29, 0.717) is 72.1 Å². The number of benzene rings is 6. The van der Waals surface area contributed by atoms with Gasteiger partial charge in [0.1, 0.15) is 5.88 Å². The van der Waals surface area contributed by atoms with E-state index in [4.69, 9.17) is 68.4 Å². The van der Waals surface area contributed by atoms with Crippen LogP contribution < -0.4 is 62.2 Å². The van der Waals surface area contributed by atoms with Gasteiger partial charge in [-0.1, -0.05) is 6.42 Å². The van der Waals surface area contributed by atoms with Gasteiger partial charge in [0.2, 0.25) is 11.8 Å². The van der Waals surface area contributed by atoms with E-state index in [1.165, 1.54) is 52.6 Å². The molecule has 1 fully saturated rings. The van der Waals surface area contributed by atoms with Gasteiger partial charge in [0.25, 0.3) is 0 Å². The number of nitrogens with zero attached hydrogens (tertiary/aromatic N) is 3. The summed E-state index contributed by atoms with van der Waals surface area (Å²) >= 11 is 5.91. The van der Waals surface area contributed by atoms with Crippen LogP contribution >= 0.6 is 11.6 Å². The van der Waals surface area contributed by atoms with Crippen LogP contribution in [0, 0.1) is 0 Å². The van der Waals surface area contributed by atoms with Crippen LogP contribution in [0.1, 0.15) is 87.5 Å². The van der Waals surface area contributed by atoms with Gasteiger partial charge < -0.3 is 72.0 Å². The number of hydrogen-bond donors (Lipinski definition) is 1. The second kappa shape index (κ2) is 26.4. The van der Waals surface area contributed by atoms with Gasteiger partial charge in [0.05, 0.1) is 104 Å². The molecule has 3 atom stereocenters. The van der Waals surface area contributed by atoms with Crippen molar-refractivity contribution in [3.63, 3.8) is 0 Å². The number of nitrogens with one attached hydrogen (secondary N) is 1. The minimum absolute atomic E-state index is 0.0345. The van der Waals surface area contributed by atoms with Gasteiger partial charge in [0.15, 0.2) is 69.0 Å². The highest BCUT2D eigenvalue weighted by Gasteiger charge is 2.43. The second-order valence-corrected chi connectivity index (χ2v) is 23.1. The van der Waals surface area contributed by atoms with Crippen LogP contribution in [0.3, 0.4) is 0 Å². The fourth-order valence-corrected chi connectivity index (χ4v) is 14.8. The summed E-state index contributed by atoms with van der Waals surface area (Å²) in [5.74, 6) is 8.56. The molecule has 0 aromatic heterocycles. The molecule has 18 nitrogen and oxygen atoms in total. The number of halogens is 1. The zero-order valence-electron chi connectivity index (χ0n) is 52.7. The summed E-state index contributed by atoms with van der Waals surface area (Å²) in [6, 6.07) is 18.5. The maximum Gasteiger partial charge on any atom is 0.238 e. The maximum atomic E-state index is 13.6. The highest BCUT2D eigenvalue weighted by molar-refractivity contribution is 6.27. The van der Waals surface area contributed by atoms with Gasteiger partial charge in [-0.15, -0.1) is 11.6 Å². The SMILES string of the molecule is COc1cc2c(cc1OC)-c1c(OC)c(OC)cc3c1C(C2)N(C(=O)CCl)CC3.COc1cc2c(cc1OC)-c1c(OC)c(OC)cc3c1C(C2)N(C(=O)CN1CCCCC1)CC3.COc1cc2c(cc1OC)-c1c(OC)c(OC)cc3c1C(C2)NCC3. The van der Waals surface area contributed by atoms with Crippen LogP contribution in [0.25, 0.3) is 33.4 Å². The third kappa shape index (κ3) is 10.9. The first-order valence-corrected chi connectivity index (χ1v) is 30.6. The highest BCUT2D eigenvalue weighted by atomic mass is 35.5. The number of alkyl halides is 1. The van der Waals surface area contributed by atoms with Crippen molar-refractivity contribution < 1.29 is 66.4 Å². The number of carbonyl (C=O) groups excluding carboxylic acids is 2. The molecule has 4 aliphatic heterocycles. The van der Waals surface area contributed by atoms with E-state index >= 15 is 0 Å². The lowest BCUT2D eigenvalue weighted by molar-refractivity contribution is -0.135. The first-order valence-electron chi connectivity index (χ1n) is 30.1. The van der Waals surface area contributed by atoms with E-state index in [2.05, 4.69) is 39.4 Å². The molecule has 1 saturated heterocycles. The molecule has 0 radical (unpaired) electrons. The summed E-state index contributed by atoms with van der Waals surface area (Å²) < 4.78 is 67.7. The van der Waals surface area contributed by atoms with Crippen molar-refractivity contribution in [2.45, 2.75) is 75.9 Å². The molecule has 0 spiro atoms. The number of piperidine rings is 1. The molecule has 1 N–H and O–H groups in total. The molecule has 4 heterocycles. The third-order valence-electron chi connectivity index (χ3n) is 18.6. The first-order chi connectivity index (χ1) is 42.9. The molecule has 13 rings (SSSR count). The average Bonchev–Trinajstić information content (AvgIpc) is 0.757. The molecular weight excluding hydrogens is 1140 g/mol. The number of fused-ring (bicyclic) bond motifs is 6. The Morgan fingerprint density at radius 2 is 0.761 bits per heavy atom. The molecule has 0 saturated carbocycles. The predicted molar refractivity (Wildman–Crippen MR) is 337 cm³/mol. The lowest BCUT2D eigenvalue weighted by Gasteiger charge is -2.43. The van der Waals surface area contributed by atoms with E-state index in [9.17, 15) is 9.59 Å². The van der Waals surface area contributed by atoms with Crippen molar-refractivity contribution in [3.8, 4) is 102 Å². The summed E-state index contributed by atoms with van der Waals surface area (Å²) in [4.78, 5) is 32.4. The standard InChI is InChI=1S/C27H34N2O5.C22H24ClNO5.C20H23NO4/c1-31-21-14-18-12-20-25-17(8-11-29(20)24(30)16-28-9-6-5-7-10-28)13-23(33-3)27(34-4)26(25)19(18)15-22(21)32-2;1-26-16-9-13-7-15-20-12(5-6-24(15)19(25)11-23)8-18(28-3)22(29-4)21(20)14(13)10-17(16)27-2;1-22-15-9-12-7-14-18-11(5-6-21-14)8-17(24-3)20(25-4)19(18)13(12)10-16(15)23-2/h13-15,20H,5-12,16H2,1-4H3;8-10,15H,5-7,11H2,1-4H3;8-10,14,21H,5-7H2,1-4H3. The van der Waals surface area contributed by atoms with E-state index in [1.807, 2.05) is 35.2 Å². The number of carbonyl (C=O) groups is 2. The number of amides is 2. The number of hydrogen-bond acceptors (Lipinski definition) is 16. The van der Waals surface area contributed by atoms with E-state index in [0.717, 1.165) is 125 Å². The molecule has 6 aromatic carbocycles. The monoisotopic (exact) mass is 1220 g/mol. The number of rotatable bonds is 15. The Kier molecular flexibility index (Phi) is 18.5. The van der Waals surface area contributed by atoms with Gasteiger partial charge in [-0.3, -0.25) is 14.5 Å². The lowest BCUT2D eigenvalue weighted by Crippen LogP contribution is -2.47. The molecule has 19 heteroatoms. The number of methoxy groups -OCH3 is 12. The Bertz CT molecular complexity index is 3640. The lowest BCUT2D eigenvalue weighted by atomic mass is 9.76. The Morgan fingerprint density at radius 1 is 0.409 bits per heavy atom. The minimum Gasteiger partial charge on any atom is -0.493 e. The topological polar surface area (TPSA) is 167 Å². The van der Waals surface area contributed by atoms with Crippen LogP contribution in [0.4, 0.5) is 0 Å². The summed E-state index contributed by atoms with van der Waals surface area (Å²) in [7, 11) is 19.9. The summed E-state index contributed by atoms with van der Waals surface area (Å²) in [5.41, 5.74) is 17.0. The Hall–Kier alpha value is -7.93. The van der Waals surface area contributed by atoms with Crippen molar-refractivity contribution in [2.75, 3.05) is 130 Å². The molecule has 2 amide bonds. The zero-order valence-corrected chi connectivity index (χ0v) is 53.4. The molecule has 6 aromatic rings. The molecule has 0 bridgehead atoms. The Balaban J connectivity index is 0.000000138. The summed E-state index contributed by atoms with van der Waals surface area (Å²) in [5, 5.41) is 3.64. The van der Waals surface area contributed by atoms with Crippen LogP contribution in [-0.2, 0) is 48.1 Å². The van der Waals surface area contributed by atoms with Gasteiger partial charge in [-0.05, 0) is 192 Å². The third-order valence-corrected chi connectivity index (χ3v) is 18.9. The fourth-order valence-electron chi connectivity index (χ4n) is 14.6. The minimum atomic E-state index is -0.106. The fraction of sp³-hybridized carbons (Fsp3) is 0.449. The first kappa shape index (κ1) is 61.7. The predicted octanol–water partition coefficient (Wildman–Crippen LogP) is 10.6. The van der Waals surface area contributed by atoms with Crippen molar-refractivity contribution in [3.05, 3.63) is 105 Å². The molecule has 88 heavy (non-hydrogen) atoms. The smallest absolute Gasteiger partial charge is 0.238 e. The van der Waals surface area contributed by atoms with Gasteiger partial charge in [0, 0.05) is 35.8 Å². The zero-order chi connectivity index (χ0) is 62.1. The quantitative estimate of drug-likeness (QED) is 0.0964. The summed E-state index contributed by atoms with van der Waals surface area (Å²) in [6.45, 7) is 4.82. The number of ether oxygens (including phenoxy) is 12. The molecular formula is C69H81ClN4O14. The Labute approximate surface area is 521 Å². The molecule has 3 aliphatic carbocycles. The summed E-state index contributed by atoms with van der Waals surface area (Å²) in [6.07, 6.45) is 8.47. The van der Waals surface area contributed by atoms with E-state index < -0.39 is 0 Å². The van der Waals surface area contributed by atoms with Crippen molar-refractivity contribution >= 4 is 23.4 Å². The Morgan fingerprint density at radius 3 is 1.15 bits per heavy atom. The second-order valence-electron chi connectivity index (χ2n) is 22.8. The molecule has 3 unspecified atom stereocenters. The van der Waals surface area contributed by atoms with Crippen molar-refractivity contribution in [1.82, 2.24) is 20.0 Å². The van der Waals surface area contributed by atoms with Crippen LogP contribution in [-0.4, -0.2) is 157 Å². The molecule has 7 aliphatic rings. The van der Waals surface area contributed by atoms with Crippen LogP contribution in [0.2, 0.25) is 0 Å². The normalized spacial score (nSPS) is 17.8. The average molecular weight is 1230 g/mol.